The average molecular weight is 319 g/mol. The summed E-state index contributed by atoms with van der Waals surface area (Å²) in [5.74, 6) is 0. The molecule has 4 heteroatoms. The van der Waals surface area contributed by atoms with Crippen LogP contribution in [-0.2, 0) is 12.8 Å². The second-order valence-corrected chi connectivity index (χ2v) is 5.32. The number of rotatable bonds is 5. The number of hydrogen-bond acceptors (Lipinski definition) is 2. The van der Waals surface area contributed by atoms with Crippen molar-refractivity contribution in [2.24, 2.45) is 0 Å². The second kappa shape index (κ2) is 9.49. The summed E-state index contributed by atoms with van der Waals surface area (Å²) >= 11 is 0. The van der Waals surface area contributed by atoms with Gasteiger partial charge in [-0.05, 0) is 56.3 Å². The lowest BCUT2D eigenvalue weighted by atomic mass is 9.87. The van der Waals surface area contributed by atoms with Crippen molar-refractivity contribution in [2.45, 2.75) is 45.6 Å². The van der Waals surface area contributed by atoms with Crippen LogP contribution >= 0.6 is 24.8 Å². The Bertz CT molecular complexity index is 396. The SMILES string of the molecule is CCCNC1CCc2c(cccc2N(C)CC)C1.Cl.Cl. The van der Waals surface area contributed by atoms with Crippen molar-refractivity contribution in [1.29, 1.82) is 0 Å². The average Bonchev–Trinajstić information content (AvgIpc) is 2.43. The van der Waals surface area contributed by atoms with E-state index in [0.717, 1.165) is 13.1 Å². The van der Waals surface area contributed by atoms with Crippen molar-refractivity contribution in [3.63, 3.8) is 0 Å². The van der Waals surface area contributed by atoms with Gasteiger partial charge in [-0.1, -0.05) is 19.1 Å². The summed E-state index contributed by atoms with van der Waals surface area (Å²) in [7, 11) is 2.19. The zero-order valence-electron chi connectivity index (χ0n) is 12.8. The van der Waals surface area contributed by atoms with Gasteiger partial charge in [-0.3, -0.25) is 0 Å². The van der Waals surface area contributed by atoms with E-state index in [1.807, 2.05) is 0 Å². The molecule has 1 unspecified atom stereocenters. The zero-order chi connectivity index (χ0) is 13.0. The molecule has 0 amide bonds. The fraction of sp³-hybridized carbons (Fsp3) is 0.625. The predicted molar refractivity (Wildman–Crippen MR) is 94.0 cm³/mol. The zero-order valence-corrected chi connectivity index (χ0v) is 14.4. The van der Waals surface area contributed by atoms with Gasteiger partial charge >= 0.3 is 0 Å². The molecule has 116 valence electrons. The molecule has 1 atom stereocenters. The Morgan fingerprint density at radius 2 is 2.00 bits per heavy atom. The third-order valence-electron chi connectivity index (χ3n) is 4.03. The first-order chi connectivity index (χ1) is 8.76. The van der Waals surface area contributed by atoms with E-state index in [4.69, 9.17) is 0 Å². The monoisotopic (exact) mass is 318 g/mol. The minimum Gasteiger partial charge on any atom is -0.375 e. The number of nitrogens with one attached hydrogen (secondary N) is 1. The molecule has 0 radical (unpaired) electrons. The molecule has 0 spiro atoms. The number of halogens is 2. The molecule has 20 heavy (non-hydrogen) atoms. The van der Waals surface area contributed by atoms with Crippen molar-refractivity contribution in [1.82, 2.24) is 5.32 Å². The minimum absolute atomic E-state index is 0. The van der Waals surface area contributed by atoms with E-state index in [1.165, 1.54) is 31.4 Å². The van der Waals surface area contributed by atoms with Crippen LogP contribution in [0.25, 0.3) is 0 Å². The van der Waals surface area contributed by atoms with Gasteiger partial charge in [0.25, 0.3) is 0 Å². The van der Waals surface area contributed by atoms with Gasteiger partial charge in [0.15, 0.2) is 0 Å². The maximum atomic E-state index is 3.66. The normalized spacial score (nSPS) is 16.6. The third-order valence-corrected chi connectivity index (χ3v) is 4.03. The van der Waals surface area contributed by atoms with Crippen LogP contribution in [-0.4, -0.2) is 26.2 Å². The van der Waals surface area contributed by atoms with Crippen LogP contribution in [0.1, 0.15) is 37.8 Å². The molecule has 1 aliphatic carbocycles. The standard InChI is InChI=1S/C16H26N2.2ClH/c1-4-11-17-14-9-10-15-13(12-14)7-6-8-16(15)18(3)5-2;;/h6-8,14,17H,4-5,9-12H2,1-3H3;2*1H. The van der Waals surface area contributed by atoms with Crippen molar-refractivity contribution < 1.29 is 0 Å². The number of anilines is 1. The van der Waals surface area contributed by atoms with Crippen LogP contribution in [0, 0.1) is 0 Å². The lowest BCUT2D eigenvalue weighted by molar-refractivity contribution is 0.459. The highest BCUT2D eigenvalue weighted by Crippen LogP contribution is 2.29. The number of fused-ring (bicyclic) bond motifs is 1. The third kappa shape index (κ3) is 4.54. The molecule has 0 bridgehead atoms. The maximum Gasteiger partial charge on any atom is 0.0398 e. The van der Waals surface area contributed by atoms with Crippen LogP contribution in [0.15, 0.2) is 18.2 Å². The summed E-state index contributed by atoms with van der Waals surface area (Å²) in [6, 6.07) is 7.46. The van der Waals surface area contributed by atoms with Crippen molar-refractivity contribution in [2.75, 3.05) is 25.0 Å². The van der Waals surface area contributed by atoms with E-state index in [1.54, 1.807) is 11.1 Å². The van der Waals surface area contributed by atoms with Gasteiger partial charge in [0.2, 0.25) is 0 Å². The van der Waals surface area contributed by atoms with Crippen LogP contribution < -0.4 is 10.2 Å². The molecule has 0 saturated heterocycles. The molecular formula is C16H28Cl2N2. The quantitative estimate of drug-likeness (QED) is 0.887. The van der Waals surface area contributed by atoms with Crippen LogP contribution in [0.3, 0.4) is 0 Å². The molecule has 0 aromatic heterocycles. The number of nitrogens with zero attached hydrogens (tertiary/aromatic N) is 1. The molecule has 1 aliphatic rings. The summed E-state index contributed by atoms with van der Waals surface area (Å²) in [6.45, 7) is 6.68. The van der Waals surface area contributed by atoms with E-state index in [2.05, 4.69) is 49.3 Å². The summed E-state index contributed by atoms with van der Waals surface area (Å²) in [5.41, 5.74) is 4.56. The number of hydrogen-bond donors (Lipinski definition) is 1. The maximum absolute atomic E-state index is 3.66. The van der Waals surface area contributed by atoms with Crippen LogP contribution in [0.4, 0.5) is 5.69 Å². The smallest absolute Gasteiger partial charge is 0.0398 e. The molecule has 1 aromatic rings. The molecule has 2 nitrogen and oxygen atoms in total. The topological polar surface area (TPSA) is 15.3 Å². The van der Waals surface area contributed by atoms with Gasteiger partial charge in [0, 0.05) is 25.3 Å². The molecule has 2 rings (SSSR count). The Balaban J connectivity index is 0.00000180. The molecule has 0 fully saturated rings. The molecule has 1 aromatic carbocycles. The first kappa shape index (κ1) is 19.6. The Hall–Kier alpha value is -0.440. The molecule has 1 N–H and O–H groups in total. The Labute approximate surface area is 136 Å². The highest BCUT2D eigenvalue weighted by Gasteiger charge is 2.20. The fourth-order valence-electron chi connectivity index (χ4n) is 2.84. The molecule has 0 saturated carbocycles. The van der Waals surface area contributed by atoms with Gasteiger partial charge in [-0.15, -0.1) is 24.8 Å². The Morgan fingerprint density at radius 3 is 2.65 bits per heavy atom. The summed E-state index contributed by atoms with van der Waals surface area (Å²) in [6.07, 6.45) is 4.92. The van der Waals surface area contributed by atoms with Crippen molar-refractivity contribution >= 4 is 30.5 Å². The molecule has 0 aliphatic heterocycles. The number of benzene rings is 1. The van der Waals surface area contributed by atoms with E-state index < -0.39 is 0 Å². The summed E-state index contributed by atoms with van der Waals surface area (Å²) in [5, 5.41) is 3.66. The summed E-state index contributed by atoms with van der Waals surface area (Å²) in [4.78, 5) is 2.36. The van der Waals surface area contributed by atoms with Crippen molar-refractivity contribution in [3.8, 4) is 0 Å². The minimum atomic E-state index is 0. The Kier molecular flexibility index (Phi) is 9.28. The van der Waals surface area contributed by atoms with Gasteiger partial charge in [-0.25, -0.2) is 0 Å². The first-order valence-electron chi connectivity index (χ1n) is 7.31. The van der Waals surface area contributed by atoms with Gasteiger partial charge in [0.1, 0.15) is 0 Å². The fourth-order valence-corrected chi connectivity index (χ4v) is 2.84. The molecule has 0 heterocycles. The van der Waals surface area contributed by atoms with E-state index in [0.29, 0.717) is 6.04 Å². The van der Waals surface area contributed by atoms with E-state index in [9.17, 15) is 0 Å². The lowest BCUT2D eigenvalue weighted by Crippen LogP contribution is -2.35. The van der Waals surface area contributed by atoms with Crippen LogP contribution in [0.2, 0.25) is 0 Å². The lowest BCUT2D eigenvalue weighted by Gasteiger charge is -2.30. The Morgan fingerprint density at radius 1 is 1.25 bits per heavy atom. The second-order valence-electron chi connectivity index (χ2n) is 5.32. The van der Waals surface area contributed by atoms with Gasteiger partial charge in [-0.2, -0.15) is 0 Å². The largest absolute Gasteiger partial charge is 0.375 e. The predicted octanol–water partition coefficient (Wildman–Crippen LogP) is 3.84. The van der Waals surface area contributed by atoms with Crippen LogP contribution in [0.5, 0.6) is 0 Å². The van der Waals surface area contributed by atoms with Crippen molar-refractivity contribution in [3.05, 3.63) is 29.3 Å². The van der Waals surface area contributed by atoms with E-state index >= 15 is 0 Å². The van der Waals surface area contributed by atoms with E-state index in [-0.39, 0.29) is 24.8 Å². The highest BCUT2D eigenvalue weighted by atomic mass is 35.5. The first-order valence-corrected chi connectivity index (χ1v) is 7.31. The van der Waals surface area contributed by atoms with Gasteiger partial charge < -0.3 is 10.2 Å². The molecular weight excluding hydrogens is 291 g/mol. The van der Waals surface area contributed by atoms with Gasteiger partial charge in [0.05, 0.1) is 0 Å². The summed E-state index contributed by atoms with van der Waals surface area (Å²) < 4.78 is 0. The highest BCUT2D eigenvalue weighted by molar-refractivity contribution is 5.85.